The second kappa shape index (κ2) is 4.02. The van der Waals surface area contributed by atoms with Crippen LogP contribution in [0, 0.1) is 0 Å². The average Bonchev–Trinajstić information content (AvgIpc) is 2.58. The van der Waals surface area contributed by atoms with E-state index in [0.29, 0.717) is 11.4 Å². The highest BCUT2D eigenvalue weighted by Gasteiger charge is 2.28. The fourth-order valence-electron chi connectivity index (χ4n) is 1.78. The molecule has 17 heavy (non-hydrogen) atoms. The summed E-state index contributed by atoms with van der Waals surface area (Å²) in [6.45, 7) is 0.428. The number of aryl methyl sites for hydroxylation is 1. The lowest BCUT2D eigenvalue weighted by Gasteiger charge is -2.26. The van der Waals surface area contributed by atoms with E-state index >= 15 is 0 Å². The van der Waals surface area contributed by atoms with Gasteiger partial charge in [0.05, 0.1) is 23.4 Å². The summed E-state index contributed by atoms with van der Waals surface area (Å²) >= 11 is 0. The Morgan fingerprint density at radius 2 is 2.00 bits per heavy atom. The van der Waals surface area contributed by atoms with Gasteiger partial charge in [0, 0.05) is 20.1 Å². The molecule has 94 valence electrons. The van der Waals surface area contributed by atoms with E-state index in [2.05, 4.69) is 5.10 Å². The summed E-state index contributed by atoms with van der Waals surface area (Å²) < 4.78 is 23.9. The van der Waals surface area contributed by atoms with Crippen molar-refractivity contribution in [2.45, 2.75) is 0 Å². The fourth-order valence-corrected chi connectivity index (χ4v) is 2.98. The van der Waals surface area contributed by atoms with Crippen LogP contribution in [0.4, 0.5) is 5.69 Å². The molecule has 2 heterocycles. The molecule has 0 radical (unpaired) electrons. The molecule has 1 fully saturated rings. The number of carbonyl (C=O) groups is 1. The van der Waals surface area contributed by atoms with E-state index in [1.165, 1.54) is 15.8 Å². The number of nitrogen functional groups attached to an aromatic ring is 1. The number of hydrogen-bond acceptors (Lipinski definition) is 5. The number of anilines is 1. The topological polar surface area (TPSA) is 98.3 Å². The van der Waals surface area contributed by atoms with Crippen molar-refractivity contribution in [3.8, 4) is 0 Å². The van der Waals surface area contributed by atoms with E-state index in [-0.39, 0.29) is 30.5 Å². The number of amides is 1. The number of rotatable bonds is 1. The normalized spacial score (nSPS) is 19.2. The van der Waals surface area contributed by atoms with Gasteiger partial charge in [-0.25, -0.2) is 8.42 Å². The predicted octanol–water partition coefficient (Wildman–Crippen LogP) is -1.13. The van der Waals surface area contributed by atoms with Crippen LogP contribution in [0.5, 0.6) is 0 Å². The Morgan fingerprint density at radius 1 is 1.41 bits per heavy atom. The molecular formula is C9H14N4O3S. The van der Waals surface area contributed by atoms with Crippen LogP contribution >= 0.6 is 0 Å². The molecule has 0 atom stereocenters. The zero-order valence-electron chi connectivity index (χ0n) is 9.46. The van der Waals surface area contributed by atoms with Crippen molar-refractivity contribution in [2.24, 2.45) is 7.05 Å². The SMILES string of the molecule is Cn1ncc(N)c1C(=O)N1CCS(=O)(=O)CC1. The molecule has 1 saturated heterocycles. The molecular weight excluding hydrogens is 244 g/mol. The van der Waals surface area contributed by atoms with Crippen molar-refractivity contribution >= 4 is 21.4 Å². The van der Waals surface area contributed by atoms with Crippen LogP contribution in [-0.4, -0.2) is 53.6 Å². The van der Waals surface area contributed by atoms with Crippen LogP contribution in [0.2, 0.25) is 0 Å². The zero-order chi connectivity index (χ0) is 12.6. The first-order chi connectivity index (χ1) is 7.91. The maximum absolute atomic E-state index is 12.1. The first-order valence-electron chi connectivity index (χ1n) is 5.18. The predicted molar refractivity (Wildman–Crippen MR) is 62.2 cm³/mol. The average molecular weight is 258 g/mol. The number of hydrogen-bond donors (Lipinski definition) is 1. The van der Waals surface area contributed by atoms with Gasteiger partial charge in [-0.15, -0.1) is 0 Å². The summed E-state index contributed by atoms with van der Waals surface area (Å²) in [5.41, 5.74) is 6.27. The quantitative estimate of drug-likeness (QED) is 0.687. The summed E-state index contributed by atoms with van der Waals surface area (Å²) in [5, 5.41) is 3.89. The van der Waals surface area contributed by atoms with Crippen molar-refractivity contribution in [2.75, 3.05) is 30.3 Å². The molecule has 2 rings (SSSR count). The van der Waals surface area contributed by atoms with Crippen LogP contribution < -0.4 is 5.73 Å². The smallest absolute Gasteiger partial charge is 0.274 e. The summed E-state index contributed by atoms with van der Waals surface area (Å²) in [6, 6.07) is 0. The van der Waals surface area contributed by atoms with E-state index in [0.717, 1.165) is 0 Å². The highest BCUT2D eigenvalue weighted by Crippen LogP contribution is 2.14. The summed E-state index contributed by atoms with van der Waals surface area (Å²) in [7, 11) is -1.36. The minimum atomic E-state index is -2.99. The van der Waals surface area contributed by atoms with Crippen LogP contribution in [-0.2, 0) is 16.9 Å². The minimum Gasteiger partial charge on any atom is -0.396 e. The van der Waals surface area contributed by atoms with Gasteiger partial charge in [-0.1, -0.05) is 0 Å². The third-order valence-corrected chi connectivity index (χ3v) is 4.41. The van der Waals surface area contributed by atoms with Crippen LogP contribution in [0.25, 0.3) is 0 Å². The zero-order valence-corrected chi connectivity index (χ0v) is 10.3. The Kier molecular flexibility index (Phi) is 2.82. The first-order valence-corrected chi connectivity index (χ1v) is 7.00. The maximum Gasteiger partial charge on any atom is 0.274 e. The monoisotopic (exact) mass is 258 g/mol. The van der Waals surface area contributed by atoms with Gasteiger partial charge in [-0.2, -0.15) is 5.10 Å². The van der Waals surface area contributed by atoms with Crippen LogP contribution in [0.3, 0.4) is 0 Å². The molecule has 8 heteroatoms. The molecule has 0 saturated carbocycles. The Labute approximate surface area is 99.1 Å². The summed E-state index contributed by atoms with van der Waals surface area (Å²) in [4.78, 5) is 13.6. The number of nitrogens with zero attached hydrogens (tertiary/aromatic N) is 3. The van der Waals surface area contributed by atoms with Crippen LogP contribution in [0.1, 0.15) is 10.5 Å². The Balaban J connectivity index is 2.18. The molecule has 0 bridgehead atoms. The van der Waals surface area contributed by atoms with Gasteiger partial charge in [0.2, 0.25) is 0 Å². The Bertz CT molecular complexity index is 515. The number of aromatic nitrogens is 2. The van der Waals surface area contributed by atoms with Gasteiger partial charge < -0.3 is 10.6 Å². The lowest BCUT2D eigenvalue weighted by atomic mass is 10.3. The number of nitrogens with two attached hydrogens (primary N) is 1. The Hall–Kier alpha value is -1.57. The molecule has 7 nitrogen and oxygen atoms in total. The molecule has 1 aliphatic rings. The molecule has 0 aromatic carbocycles. The summed E-state index contributed by atoms with van der Waals surface area (Å²) in [5.74, 6) is -0.245. The fraction of sp³-hybridized carbons (Fsp3) is 0.556. The van der Waals surface area contributed by atoms with E-state index in [1.54, 1.807) is 7.05 Å². The second-order valence-electron chi connectivity index (χ2n) is 4.02. The van der Waals surface area contributed by atoms with Crippen molar-refractivity contribution in [1.82, 2.24) is 14.7 Å². The standard InChI is InChI=1S/C9H14N4O3S/c1-12-8(7(10)6-11-12)9(14)13-2-4-17(15,16)5-3-13/h6H,2-5,10H2,1H3. The molecule has 1 aromatic rings. The molecule has 1 amide bonds. The Morgan fingerprint density at radius 3 is 2.47 bits per heavy atom. The number of sulfone groups is 1. The van der Waals surface area contributed by atoms with Crippen molar-refractivity contribution in [3.05, 3.63) is 11.9 Å². The van der Waals surface area contributed by atoms with E-state index in [9.17, 15) is 13.2 Å². The van der Waals surface area contributed by atoms with Gasteiger partial charge >= 0.3 is 0 Å². The molecule has 1 aliphatic heterocycles. The highest BCUT2D eigenvalue weighted by atomic mass is 32.2. The molecule has 0 aliphatic carbocycles. The van der Waals surface area contributed by atoms with Crippen molar-refractivity contribution < 1.29 is 13.2 Å². The van der Waals surface area contributed by atoms with Crippen LogP contribution in [0.15, 0.2) is 6.20 Å². The van der Waals surface area contributed by atoms with E-state index in [4.69, 9.17) is 5.73 Å². The largest absolute Gasteiger partial charge is 0.396 e. The van der Waals surface area contributed by atoms with Crippen molar-refractivity contribution in [1.29, 1.82) is 0 Å². The van der Waals surface area contributed by atoms with Gasteiger partial charge in [0.15, 0.2) is 9.84 Å². The van der Waals surface area contributed by atoms with Gasteiger partial charge in [0.1, 0.15) is 5.69 Å². The maximum atomic E-state index is 12.1. The lowest BCUT2D eigenvalue weighted by molar-refractivity contribution is 0.0760. The van der Waals surface area contributed by atoms with Gasteiger partial charge in [-0.3, -0.25) is 9.48 Å². The van der Waals surface area contributed by atoms with E-state index in [1.807, 2.05) is 0 Å². The van der Waals surface area contributed by atoms with Gasteiger partial charge in [-0.05, 0) is 0 Å². The minimum absolute atomic E-state index is 0.0104. The lowest BCUT2D eigenvalue weighted by Crippen LogP contribution is -2.44. The second-order valence-corrected chi connectivity index (χ2v) is 6.32. The molecule has 1 aromatic heterocycles. The third-order valence-electron chi connectivity index (χ3n) is 2.80. The van der Waals surface area contributed by atoms with E-state index < -0.39 is 9.84 Å². The summed E-state index contributed by atoms with van der Waals surface area (Å²) in [6.07, 6.45) is 1.41. The number of carbonyl (C=O) groups excluding carboxylic acids is 1. The van der Waals surface area contributed by atoms with Gasteiger partial charge in [0.25, 0.3) is 5.91 Å². The first kappa shape index (κ1) is 11.9. The molecule has 2 N–H and O–H groups in total. The highest BCUT2D eigenvalue weighted by molar-refractivity contribution is 7.91. The molecule has 0 spiro atoms. The third kappa shape index (κ3) is 2.26. The molecule has 0 unspecified atom stereocenters. The van der Waals surface area contributed by atoms with Crippen molar-refractivity contribution in [3.63, 3.8) is 0 Å².